The summed E-state index contributed by atoms with van der Waals surface area (Å²) in [5.74, 6) is -0.0421. The van der Waals surface area contributed by atoms with Gasteiger partial charge in [0.1, 0.15) is 0 Å². The maximum absolute atomic E-state index is 11.7. The van der Waals surface area contributed by atoms with Crippen LogP contribution in [0.4, 0.5) is 0 Å². The van der Waals surface area contributed by atoms with E-state index in [4.69, 9.17) is 0 Å². The molecule has 4 heteroatoms. The Kier molecular flexibility index (Phi) is 1.29. The third-order valence-electron chi connectivity index (χ3n) is 3.25. The molecule has 1 amide bonds. The highest BCUT2D eigenvalue weighted by Crippen LogP contribution is 2.15. The molecule has 16 heavy (non-hydrogen) atoms. The Balaban J connectivity index is 2.31. The summed E-state index contributed by atoms with van der Waals surface area (Å²) >= 11 is 0. The van der Waals surface area contributed by atoms with E-state index in [1.807, 2.05) is 24.3 Å². The molecule has 3 N–H and O–H groups in total. The van der Waals surface area contributed by atoms with E-state index in [1.165, 1.54) is 5.39 Å². The number of fused-ring (bicyclic) bond motifs is 6. The van der Waals surface area contributed by atoms with Gasteiger partial charge in [-0.2, -0.15) is 0 Å². The zero-order valence-corrected chi connectivity index (χ0v) is 8.37. The zero-order valence-electron chi connectivity index (χ0n) is 8.37. The van der Waals surface area contributed by atoms with E-state index in [1.54, 1.807) is 0 Å². The number of rotatable bonds is 0. The minimum atomic E-state index is -0.0421. The molecular weight excluding hydrogens is 202 g/mol. The van der Waals surface area contributed by atoms with Gasteiger partial charge >= 0.3 is 0 Å². The standard InChI is InChI=1S/C12H9N3O/c16-12-10-9(14-15-12)5-8-6-3-1-2-4-7(6)11(10)13-8/h1-5,9,13-14H,(H,15,16). The normalized spacial score (nSPS) is 21.9. The molecule has 2 aromatic rings. The van der Waals surface area contributed by atoms with Gasteiger partial charge in [0.05, 0.1) is 17.0 Å². The molecule has 0 radical (unpaired) electrons. The molecule has 2 aliphatic heterocycles. The van der Waals surface area contributed by atoms with Crippen molar-refractivity contribution < 1.29 is 4.79 Å². The van der Waals surface area contributed by atoms with Gasteiger partial charge < -0.3 is 4.98 Å². The van der Waals surface area contributed by atoms with Crippen LogP contribution in [0, 0.1) is 0 Å². The van der Waals surface area contributed by atoms with Crippen molar-refractivity contribution in [1.29, 1.82) is 0 Å². The van der Waals surface area contributed by atoms with Crippen LogP contribution in [0.25, 0.3) is 22.4 Å². The van der Waals surface area contributed by atoms with E-state index in [9.17, 15) is 4.79 Å². The van der Waals surface area contributed by atoms with Crippen molar-refractivity contribution in [1.82, 2.24) is 15.8 Å². The minimum Gasteiger partial charge on any atom is -0.354 e. The number of H-pyrrole nitrogens is 1. The number of benzene rings is 1. The zero-order chi connectivity index (χ0) is 10.7. The van der Waals surface area contributed by atoms with Gasteiger partial charge in [-0.3, -0.25) is 10.2 Å². The number of aromatic nitrogens is 1. The summed E-state index contributed by atoms with van der Waals surface area (Å²) in [4.78, 5) is 15.0. The van der Waals surface area contributed by atoms with Gasteiger partial charge in [-0.1, -0.05) is 24.3 Å². The fourth-order valence-corrected chi connectivity index (χ4v) is 2.53. The van der Waals surface area contributed by atoms with Crippen LogP contribution < -0.4 is 21.5 Å². The predicted molar refractivity (Wildman–Crippen MR) is 60.5 cm³/mol. The second kappa shape index (κ2) is 2.54. The lowest BCUT2D eigenvalue weighted by molar-refractivity contribution is -0.115. The van der Waals surface area contributed by atoms with E-state index >= 15 is 0 Å². The topological polar surface area (TPSA) is 56.9 Å². The Hall–Kier alpha value is -2.07. The summed E-state index contributed by atoms with van der Waals surface area (Å²) < 4.78 is 0. The first kappa shape index (κ1) is 8.13. The Labute approximate surface area is 90.6 Å². The Bertz CT molecular complexity index is 741. The number of hydrogen-bond donors (Lipinski definition) is 3. The van der Waals surface area contributed by atoms with Gasteiger partial charge in [0.15, 0.2) is 0 Å². The fraction of sp³-hybridized carbons (Fsp3) is 0.0833. The van der Waals surface area contributed by atoms with Gasteiger partial charge in [-0.05, 0) is 6.08 Å². The van der Waals surface area contributed by atoms with Crippen LogP contribution in [-0.2, 0) is 4.79 Å². The second-order valence-corrected chi connectivity index (χ2v) is 4.12. The van der Waals surface area contributed by atoms with Gasteiger partial charge in [-0.25, -0.2) is 5.43 Å². The average Bonchev–Trinajstić information content (AvgIpc) is 2.82. The van der Waals surface area contributed by atoms with Crippen molar-refractivity contribution in [2.45, 2.75) is 6.04 Å². The lowest BCUT2D eigenvalue weighted by Gasteiger charge is -2.04. The lowest BCUT2D eigenvalue weighted by Crippen LogP contribution is -2.33. The minimum absolute atomic E-state index is 0.00819. The smallest absolute Gasteiger partial charge is 0.265 e. The van der Waals surface area contributed by atoms with Crippen LogP contribution in [-0.4, -0.2) is 16.9 Å². The van der Waals surface area contributed by atoms with Gasteiger partial charge in [0, 0.05) is 16.1 Å². The summed E-state index contributed by atoms with van der Waals surface area (Å²) in [5, 5.41) is 4.32. The van der Waals surface area contributed by atoms with Crippen molar-refractivity contribution in [3.05, 3.63) is 35.0 Å². The molecule has 1 fully saturated rings. The molecule has 1 saturated heterocycles. The molecule has 1 aromatic carbocycles. The first-order valence-electron chi connectivity index (χ1n) is 5.23. The summed E-state index contributed by atoms with van der Waals surface area (Å²) in [6.45, 7) is 0. The fourth-order valence-electron chi connectivity index (χ4n) is 2.53. The molecule has 2 bridgehead atoms. The number of nitrogens with one attached hydrogen (secondary N) is 3. The van der Waals surface area contributed by atoms with Gasteiger partial charge in [0.2, 0.25) is 0 Å². The number of amides is 1. The van der Waals surface area contributed by atoms with Crippen molar-refractivity contribution in [2.24, 2.45) is 0 Å². The van der Waals surface area contributed by atoms with Crippen LogP contribution in [0.3, 0.4) is 0 Å². The molecule has 0 spiro atoms. The monoisotopic (exact) mass is 211 g/mol. The average molecular weight is 211 g/mol. The number of hydrogen-bond acceptors (Lipinski definition) is 2. The first-order valence-corrected chi connectivity index (χ1v) is 5.23. The molecule has 0 aliphatic carbocycles. The molecular formula is C12H9N3O. The molecule has 1 atom stereocenters. The molecule has 78 valence electrons. The van der Waals surface area contributed by atoms with Crippen LogP contribution in [0.5, 0.6) is 0 Å². The SMILES string of the molecule is O=C1NNC2C=c3[nH]c(c4ccccc34)=C12. The number of hydrazine groups is 1. The van der Waals surface area contributed by atoms with Gasteiger partial charge in [-0.15, -0.1) is 0 Å². The second-order valence-electron chi connectivity index (χ2n) is 4.12. The molecule has 0 saturated carbocycles. The third kappa shape index (κ3) is 0.811. The highest BCUT2D eigenvalue weighted by atomic mass is 16.2. The molecule has 4 rings (SSSR count). The van der Waals surface area contributed by atoms with E-state index in [-0.39, 0.29) is 11.9 Å². The number of carbonyl (C=O) groups excluding carboxylic acids is 1. The molecule has 1 unspecified atom stereocenters. The van der Waals surface area contributed by atoms with Crippen molar-refractivity contribution in [3.8, 4) is 0 Å². The molecule has 1 aromatic heterocycles. The summed E-state index contributed by atoms with van der Waals surface area (Å²) in [5.41, 5.74) is 6.40. The molecule has 4 nitrogen and oxygen atoms in total. The summed E-state index contributed by atoms with van der Waals surface area (Å²) in [6.07, 6.45) is 2.04. The summed E-state index contributed by atoms with van der Waals surface area (Å²) in [6, 6.07) is 8.10. The first-order chi connectivity index (χ1) is 7.84. The van der Waals surface area contributed by atoms with E-state index in [0.717, 1.165) is 21.7 Å². The maximum Gasteiger partial charge on any atom is 0.265 e. The molecule has 2 aliphatic rings. The predicted octanol–water partition coefficient (Wildman–Crippen LogP) is -0.884. The highest BCUT2D eigenvalue weighted by molar-refractivity contribution is 6.20. The lowest BCUT2D eigenvalue weighted by atomic mass is 10.1. The van der Waals surface area contributed by atoms with E-state index in [2.05, 4.69) is 21.9 Å². The van der Waals surface area contributed by atoms with E-state index in [0.29, 0.717) is 0 Å². The largest absolute Gasteiger partial charge is 0.354 e. The summed E-state index contributed by atoms with van der Waals surface area (Å²) in [7, 11) is 0. The van der Waals surface area contributed by atoms with Crippen LogP contribution in [0.1, 0.15) is 0 Å². The van der Waals surface area contributed by atoms with Gasteiger partial charge in [0.25, 0.3) is 5.91 Å². The van der Waals surface area contributed by atoms with Crippen LogP contribution in [0.2, 0.25) is 0 Å². The van der Waals surface area contributed by atoms with E-state index < -0.39 is 0 Å². The quantitative estimate of drug-likeness (QED) is 0.530. The molecule has 3 heterocycles. The number of carbonyl (C=O) groups is 1. The van der Waals surface area contributed by atoms with Crippen LogP contribution >= 0.6 is 0 Å². The highest BCUT2D eigenvalue weighted by Gasteiger charge is 2.30. The number of aromatic amines is 1. The van der Waals surface area contributed by atoms with Crippen molar-refractivity contribution in [2.75, 3.05) is 0 Å². The maximum atomic E-state index is 11.7. The Morgan fingerprint density at radius 2 is 1.94 bits per heavy atom. The van der Waals surface area contributed by atoms with Crippen molar-refractivity contribution in [3.63, 3.8) is 0 Å². The van der Waals surface area contributed by atoms with Crippen molar-refractivity contribution >= 4 is 28.3 Å². The third-order valence-corrected chi connectivity index (χ3v) is 3.25. The Morgan fingerprint density at radius 1 is 1.12 bits per heavy atom. The Morgan fingerprint density at radius 3 is 2.81 bits per heavy atom. The van der Waals surface area contributed by atoms with Crippen LogP contribution in [0.15, 0.2) is 24.3 Å².